The Morgan fingerprint density at radius 1 is 1.35 bits per heavy atom. The molecule has 2 rings (SSSR count). The maximum Gasteiger partial charge on any atom is 0.123 e. The van der Waals surface area contributed by atoms with E-state index < -0.39 is 6.04 Å². The van der Waals surface area contributed by atoms with Crippen molar-refractivity contribution in [1.29, 1.82) is 5.26 Å². The van der Waals surface area contributed by atoms with Crippen molar-refractivity contribution < 1.29 is 4.39 Å². The highest BCUT2D eigenvalue weighted by Crippen LogP contribution is 2.15. The minimum Gasteiger partial charge on any atom is -0.293 e. The van der Waals surface area contributed by atoms with Crippen LogP contribution in [0.4, 0.5) is 4.39 Å². The van der Waals surface area contributed by atoms with Crippen LogP contribution in [0.25, 0.3) is 0 Å². The van der Waals surface area contributed by atoms with Crippen LogP contribution in [0.3, 0.4) is 0 Å². The minimum absolute atomic E-state index is 0.319. The van der Waals surface area contributed by atoms with Gasteiger partial charge in [-0.15, -0.1) is 11.3 Å². The molecule has 1 aromatic carbocycles. The highest BCUT2D eigenvalue weighted by Gasteiger charge is 2.10. The fourth-order valence-electron chi connectivity index (χ4n) is 1.54. The van der Waals surface area contributed by atoms with E-state index in [1.807, 2.05) is 17.5 Å². The van der Waals surface area contributed by atoms with Crippen LogP contribution in [0.15, 0.2) is 41.8 Å². The predicted octanol–water partition coefficient (Wildman–Crippen LogP) is 3.24. The fraction of sp³-hybridized carbons (Fsp3) is 0.154. The van der Waals surface area contributed by atoms with E-state index in [-0.39, 0.29) is 5.82 Å². The van der Waals surface area contributed by atoms with Gasteiger partial charge in [-0.25, -0.2) is 4.39 Å². The summed E-state index contributed by atoms with van der Waals surface area (Å²) in [6, 6.07) is 11.7. The monoisotopic (exact) mass is 246 g/mol. The Morgan fingerprint density at radius 3 is 2.88 bits per heavy atom. The largest absolute Gasteiger partial charge is 0.293 e. The molecular formula is C13H11FN2S. The molecule has 0 aliphatic rings. The average molecular weight is 246 g/mol. The van der Waals surface area contributed by atoms with Crippen molar-refractivity contribution in [1.82, 2.24) is 5.32 Å². The van der Waals surface area contributed by atoms with Crippen molar-refractivity contribution >= 4 is 11.3 Å². The number of nitrogens with one attached hydrogen (secondary N) is 1. The van der Waals surface area contributed by atoms with E-state index in [0.29, 0.717) is 12.1 Å². The van der Waals surface area contributed by atoms with Crippen LogP contribution < -0.4 is 5.32 Å². The van der Waals surface area contributed by atoms with Gasteiger partial charge in [0.05, 0.1) is 6.07 Å². The highest BCUT2D eigenvalue weighted by atomic mass is 32.1. The third-order valence-electron chi connectivity index (χ3n) is 2.37. The van der Waals surface area contributed by atoms with Gasteiger partial charge < -0.3 is 0 Å². The second kappa shape index (κ2) is 5.58. The molecule has 0 amide bonds. The second-order valence-corrected chi connectivity index (χ2v) is 4.61. The zero-order chi connectivity index (χ0) is 12.1. The summed E-state index contributed by atoms with van der Waals surface area (Å²) in [5, 5.41) is 14.2. The van der Waals surface area contributed by atoms with Gasteiger partial charge in [0.1, 0.15) is 11.9 Å². The summed E-state index contributed by atoms with van der Waals surface area (Å²) in [6.45, 7) is 0.617. The molecule has 0 spiro atoms. The third kappa shape index (κ3) is 3.13. The number of rotatable bonds is 4. The standard InChI is InChI=1S/C13H11FN2S/c14-11-4-1-3-10(7-11)13(8-15)16-9-12-5-2-6-17-12/h1-7,13,16H,9H2. The summed E-state index contributed by atoms with van der Waals surface area (Å²) < 4.78 is 13.0. The van der Waals surface area contributed by atoms with Gasteiger partial charge in [0, 0.05) is 11.4 Å². The molecular weight excluding hydrogens is 235 g/mol. The molecule has 1 aromatic heterocycles. The summed E-state index contributed by atoms with van der Waals surface area (Å²) in [5.41, 5.74) is 0.657. The molecule has 0 bridgehead atoms. The Hall–Kier alpha value is -1.70. The number of nitriles is 1. The van der Waals surface area contributed by atoms with E-state index in [9.17, 15) is 4.39 Å². The maximum atomic E-state index is 13.0. The Balaban J connectivity index is 2.05. The molecule has 17 heavy (non-hydrogen) atoms. The first-order valence-corrected chi connectivity index (χ1v) is 6.08. The van der Waals surface area contributed by atoms with Gasteiger partial charge in [0.15, 0.2) is 0 Å². The van der Waals surface area contributed by atoms with E-state index in [1.54, 1.807) is 23.5 Å². The number of halogens is 1. The Bertz CT molecular complexity index is 516. The lowest BCUT2D eigenvalue weighted by molar-refractivity contribution is 0.606. The highest BCUT2D eigenvalue weighted by molar-refractivity contribution is 7.09. The first kappa shape index (κ1) is 11.8. The number of thiophene rings is 1. The summed E-state index contributed by atoms with van der Waals surface area (Å²) in [6.07, 6.45) is 0. The molecule has 0 saturated heterocycles. The molecule has 2 nitrogen and oxygen atoms in total. The molecule has 4 heteroatoms. The number of hydrogen-bond donors (Lipinski definition) is 1. The van der Waals surface area contributed by atoms with Crippen LogP contribution in [0, 0.1) is 17.1 Å². The van der Waals surface area contributed by atoms with Gasteiger partial charge in [0.2, 0.25) is 0 Å². The van der Waals surface area contributed by atoms with Gasteiger partial charge in [-0.05, 0) is 29.1 Å². The Morgan fingerprint density at radius 2 is 2.24 bits per heavy atom. The van der Waals surface area contributed by atoms with Crippen LogP contribution in [-0.2, 0) is 6.54 Å². The second-order valence-electron chi connectivity index (χ2n) is 3.58. The SMILES string of the molecule is N#CC(NCc1cccs1)c1cccc(F)c1. The summed E-state index contributed by atoms with van der Waals surface area (Å²) in [5.74, 6) is -0.319. The van der Waals surface area contributed by atoms with Gasteiger partial charge in [-0.2, -0.15) is 5.26 Å². The minimum atomic E-state index is -0.479. The smallest absolute Gasteiger partial charge is 0.123 e. The van der Waals surface area contributed by atoms with Crippen LogP contribution in [0.5, 0.6) is 0 Å². The number of nitrogens with zero attached hydrogens (tertiary/aromatic N) is 1. The molecule has 0 saturated carbocycles. The van der Waals surface area contributed by atoms with Gasteiger partial charge in [-0.1, -0.05) is 18.2 Å². The van der Waals surface area contributed by atoms with Crippen LogP contribution >= 0.6 is 11.3 Å². The number of benzene rings is 1. The predicted molar refractivity (Wildman–Crippen MR) is 65.9 cm³/mol. The van der Waals surface area contributed by atoms with E-state index in [2.05, 4.69) is 11.4 Å². The molecule has 1 N–H and O–H groups in total. The van der Waals surface area contributed by atoms with Crippen molar-refractivity contribution in [2.75, 3.05) is 0 Å². The Kier molecular flexibility index (Phi) is 3.86. The van der Waals surface area contributed by atoms with Crippen molar-refractivity contribution in [3.8, 4) is 6.07 Å². The van der Waals surface area contributed by atoms with Gasteiger partial charge >= 0.3 is 0 Å². The van der Waals surface area contributed by atoms with Crippen molar-refractivity contribution in [2.24, 2.45) is 0 Å². The molecule has 86 valence electrons. The van der Waals surface area contributed by atoms with Crippen LogP contribution in [-0.4, -0.2) is 0 Å². The number of hydrogen-bond acceptors (Lipinski definition) is 3. The zero-order valence-corrected chi connectivity index (χ0v) is 9.88. The summed E-state index contributed by atoms with van der Waals surface area (Å²) in [7, 11) is 0. The lowest BCUT2D eigenvalue weighted by Gasteiger charge is -2.10. The molecule has 1 unspecified atom stereocenters. The molecule has 1 atom stereocenters. The third-order valence-corrected chi connectivity index (χ3v) is 3.25. The molecule has 0 aliphatic heterocycles. The molecule has 0 radical (unpaired) electrons. The maximum absolute atomic E-state index is 13.0. The zero-order valence-electron chi connectivity index (χ0n) is 9.06. The van der Waals surface area contributed by atoms with Crippen LogP contribution in [0.1, 0.15) is 16.5 Å². The fourth-order valence-corrected chi connectivity index (χ4v) is 2.20. The van der Waals surface area contributed by atoms with Crippen molar-refractivity contribution in [2.45, 2.75) is 12.6 Å². The first-order valence-electron chi connectivity index (χ1n) is 5.20. The molecule has 1 heterocycles. The molecule has 2 aromatic rings. The van der Waals surface area contributed by atoms with Crippen molar-refractivity contribution in [3.05, 3.63) is 58.0 Å². The normalized spacial score (nSPS) is 12.0. The lowest BCUT2D eigenvalue weighted by atomic mass is 10.1. The van der Waals surface area contributed by atoms with E-state index in [0.717, 1.165) is 4.88 Å². The van der Waals surface area contributed by atoms with E-state index >= 15 is 0 Å². The van der Waals surface area contributed by atoms with E-state index in [1.165, 1.54) is 12.1 Å². The molecule has 0 fully saturated rings. The summed E-state index contributed by atoms with van der Waals surface area (Å²) in [4.78, 5) is 1.15. The van der Waals surface area contributed by atoms with Crippen molar-refractivity contribution in [3.63, 3.8) is 0 Å². The quantitative estimate of drug-likeness (QED) is 0.899. The molecule has 0 aliphatic carbocycles. The van der Waals surface area contributed by atoms with E-state index in [4.69, 9.17) is 5.26 Å². The topological polar surface area (TPSA) is 35.8 Å². The summed E-state index contributed by atoms with van der Waals surface area (Å²) >= 11 is 1.63. The lowest BCUT2D eigenvalue weighted by Crippen LogP contribution is -2.18. The Labute approximate surface area is 103 Å². The van der Waals surface area contributed by atoms with Gasteiger partial charge in [-0.3, -0.25) is 5.32 Å². The van der Waals surface area contributed by atoms with Gasteiger partial charge in [0.25, 0.3) is 0 Å². The average Bonchev–Trinajstić information content (AvgIpc) is 2.83. The van der Waals surface area contributed by atoms with Crippen LogP contribution in [0.2, 0.25) is 0 Å². The first-order chi connectivity index (χ1) is 8.29.